The molecule has 0 amide bonds. The minimum atomic E-state index is 0.667. The minimum Gasteiger partial charge on any atom is -0.176 e. The number of hydrogen-bond donors (Lipinski definition) is 1. The van der Waals surface area contributed by atoms with Gasteiger partial charge in [0.05, 0.1) is 0 Å². The van der Waals surface area contributed by atoms with Gasteiger partial charge in [0.1, 0.15) is 0 Å². The second-order valence-corrected chi connectivity index (χ2v) is 5.38. The molecule has 1 aliphatic carbocycles. The van der Waals surface area contributed by atoms with Crippen molar-refractivity contribution in [3.63, 3.8) is 0 Å². The Kier molecular flexibility index (Phi) is 3.15. The summed E-state index contributed by atoms with van der Waals surface area (Å²) in [6.45, 7) is 2.31. The molecule has 0 spiro atoms. The Labute approximate surface area is 76.3 Å². The highest BCUT2D eigenvalue weighted by Gasteiger charge is 2.22. The van der Waals surface area contributed by atoms with Gasteiger partial charge in [-0.25, -0.2) is 0 Å². The zero-order valence-electron chi connectivity index (χ0n) is 5.68. The van der Waals surface area contributed by atoms with Crippen LogP contribution in [0.1, 0.15) is 26.2 Å². The fourth-order valence-corrected chi connectivity index (χ4v) is 2.96. The fourth-order valence-electron chi connectivity index (χ4n) is 1.25. The lowest BCUT2D eigenvalue weighted by atomic mass is 9.90. The van der Waals surface area contributed by atoms with Gasteiger partial charge in [0.25, 0.3) is 0 Å². The lowest BCUT2D eigenvalue weighted by molar-refractivity contribution is 0.415. The van der Waals surface area contributed by atoms with E-state index in [-0.39, 0.29) is 0 Å². The third-order valence-corrected chi connectivity index (χ3v) is 3.94. The van der Waals surface area contributed by atoms with Gasteiger partial charge < -0.3 is 0 Å². The highest BCUT2D eigenvalue weighted by Crippen LogP contribution is 2.31. The van der Waals surface area contributed by atoms with Crippen LogP contribution in [-0.4, -0.2) is 9.17 Å². The molecule has 0 aromatic rings. The van der Waals surface area contributed by atoms with Gasteiger partial charge in [-0.2, -0.15) is 12.6 Å². The zero-order chi connectivity index (χ0) is 6.85. The third kappa shape index (κ3) is 2.30. The Balaban J connectivity index is 2.35. The summed E-state index contributed by atoms with van der Waals surface area (Å²) < 4.78 is 0.890. The quantitative estimate of drug-likeness (QED) is 0.384. The topological polar surface area (TPSA) is 0 Å². The Hall–Kier alpha value is 1.08. The van der Waals surface area contributed by atoms with Gasteiger partial charge >= 0.3 is 0 Å². The molecule has 0 saturated heterocycles. The second kappa shape index (κ2) is 3.46. The summed E-state index contributed by atoms with van der Waals surface area (Å²) >= 11 is 7.04. The Morgan fingerprint density at radius 3 is 2.56 bits per heavy atom. The van der Waals surface area contributed by atoms with Gasteiger partial charge in [-0.1, -0.05) is 29.5 Å². The van der Waals surface area contributed by atoms with Crippen LogP contribution >= 0.6 is 35.2 Å². The van der Waals surface area contributed by atoms with Crippen molar-refractivity contribution in [2.75, 3.05) is 0 Å². The van der Waals surface area contributed by atoms with Crippen LogP contribution in [0.15, 0.2) is 0 Å². The van der Waals surface area contributed by atoms with Crippen LogP contribution < -0.4 is 0 Å². The maximum absolute atomic E-state index is 4.51. The van der Waals surface area contributed by atoms with Gasteiger partial charge in [0.15, 0.2) is 0 Å². The third-order valence-electron chi connectivity index (χ3n) is 2.09. The van der Waals surface area contributed by atoms with Crippen LogP contribution in [0, 0.1) is 5.92 Å². The summed E-state index contributed by atoms with van der Waals surface area (Å²) in [6.07, 6.45) is 4.09. The molecule has 1 rings (SSSR count). The van der Waals surface area contributed by atoms with Gasteiger partial charge in [0, 0.05) is 9.17 Å². The maximum Gasteiger partial charge on any atom is 0.0120 e. The molecule has 0 N–H and O–H groups in total. The molecule has 3 unspecified atom stereocenters. The molecule has 0 aliphatic heterocycles. The average Bonchev–Trinajstić information content (AvgIpc) is 1.80. The molecule has 0 nitrogen and oxygen atoms in total. The largest absolute Gasteiger partial charge is 0.176 e. The van der Waals surface area contributed by atoms with E-state index in [1.807, 2.05) is 0 Å². The number of rotatable bonds is 0. The van der Waals surface area contributed by atoms with Crippen LogP contribution in [-0.2, 0) is 0 Å². The van der Waals surface area contributed by atoms with Crippen LogP contribution in [0.3, 0.4) is 0 Å². The average molecular weight is 256 g/mol. The summed E-state index contributed by atoms with van der Waals surface area (Å²) in [4.78, 5) is 0. The molecule has 54 valence electrons. The molecule has 2 heteroatoms. The van der Waals surface area contributed by atoms with E-state index in [4.69, 9.17) is 0 Å². The number of thiol groups is 1. The van der Waals surface area contributed by atoms with E-state index in [0.29, 0.717) is 5.25 Å². The van der Waals surface area contributed by atoms with Gasteiger partial charge in [-0.15, -0.1) is 0 Å². The molecule has 9 heavy (non-hydrogen) atoms. The first-order valence-corrected chi connectivity index (χ1v) is 5.28. The fraction of sp³-hybridized carbons (Fsp3) is 1.00. The predicted molar refractivity (Wildman–Crippen MR) is 53.6 cm³/mol. The van der Waals surface area contributed by atoms with Gasteiger partial charge in [-0.3, -0.25) is 0 Å². The molecule has 0 aromatic heterocycles. The van der Waals surface area contributed by atoms with Crippen molar-refractivity contribution < 1.29 is 0 Å². The summed E-state index contributed by atoms with van der Waals surface area (Å²) in [6, 6.07) is 0. The standard InChI is InChI=1S/C7H13IS/c1-5-2-3-6(8)4-7(5)9/h5-7,9H,2-4H2,1H3. The van der Waals surface area contributed by atoms with Crippen molar-refractivity contribution in [1.29, 1.82) is 0 Å². The first kappa shape index (κ1) is 8.18. The predicted octanol–water partition coefficient (Wildman–Crippen LogP) is 2.91. The van der Waals surface area contributed by atoms with Crippen LogP contribution in [0.4, 0.5) is 0 Å². The Bertz CT molecular complexity index is 94.9. The minimum absolute atomic E-state index is 0.667. The molecule has 1 fully saturated rings. The lowest BCUT2D eigenvalue weighted by Gasteiger charge is -2.27. The smallest absolute Gasteiger partial charge is 0.0120 e. The van der Waals surface area contributed by atoms with E-state index in [1.165, 1.54) is 19.3 Å². The number of alkyl halides is 1. The maximum atomic E-state index is 4.51. The summed E-state index contributed by atoms with van der Waals surface area (Å²) in [5, 5.41) is 0.667. The van der Waals surface area contributed by atoms with Gasteiger partial charge in [-0.05, 0) is 25.2 Å². The van der Waals surface area contributed by atoms with Crippen molar-refractivity contribution in [2.45, 2.75) is 35.4 Å². The normalized spacial score (nSPS) is 45.0. The van der Waals surface area contributed by atoms with Gasteiger partial charge in [0.2, 0.25) is 0 Å². The van der Waals surface area contributed by atoms with Crippen LogP contribution in [0.2, 0.25) is 0 Å². The van der Waals surface area contributed by atoms with Crippen LogP contribution in [0.25, 0.3) is 0 Å². The molecular weight excluding hydrogens is 243 g/mol. The van der Waals surface area contributed by atoms with Crippen molar-refractivity contribution in [3.8, 4) is 0 Å². The molecule has 0 heterocycles. The van der Waals surface area contributed by atoms with E-state index in [0.717, 1.165) is 9.84 Å². The van der Waals surface area contributed by atoms with Crippen molar-refractivity contribution in [2.24, 2.45) is 5.92 Å². The van der Waals surface area contributed by atoms with E-state index in [2.05, 4.69) is 42.1 Å². The van der Waals surface area contributed by atoms with E-state index in [9.17, 15) is 0 Å². The number of halogens is 1. The van der Waals surface area contributed by atoms with E-state index >= 15 is 0 Å². The first-order valence-electron chi connectivity index (χ1n) is 3.52. The summed E-state index contributed by atoms with van der Waals surface area (Å²) in [7, 11) is 0. The molecule has 3 atom stereocenters. The molecule has 1 saturated carbocycles. The van der Waals surface area contributed by atoms with Crippen LogP contribution in [0.5, 0.6) is 0 Å². The van der Waals surface area contributed by atoms with E-state index in [1.54, 1.807) is 0 Å². The second-order valence-electron chi connectivity index (χ2n) is 2.95. The SMILES string of the molecule is CC1CCC(I)CC1S. The lowest BCUT2D eigenvalue weighted by Crippen LogP contribution is -2.23. The highest BCUT2D eigenvalue weighted by molar-refractivity contribution is 14.1. The Morgan fingerprint density at radius 2 is 2.11 bits per heavy atom. The number of hydrogen-bond acceptors (Lipinski definition) is 1. The molecule has 0 aromatic carbocycles. The summed E-state index contributed by atoms with van der Waals surface area (Å²) in [5.41, 5.74) is 0. The highest BCUT2D eigenvalue weighted by atomic mass is 127. The first-order chi connectivity index (χ1) is 4.20. The zero-order valence-corrected chi connectivity index (χ0v) is 8.73. The molecule has 0 radical (unpaired) electrons. The molecule has 0 bridgehead atoms. The van der Waals surface area contributed by atoms with Crippen molar-refractivity contribution in [3.05, 3.63) is 0 Å². The molecular formula is C7H13IS. The van der Waals surface area contributed by atoms with E-state index < -0.39 is 0 Å². The monoisotopic (exact) mass is 256 g/mol. The molecule has 1 aliphatic rings. The van der Waals surface area contributed by atoms with Crippen molar-refractivity contribution >= 4 is 35.2 Å². The summed E-state index contributed by atoms with van der Waals surface area (Å²) in [5.74, 6) is 0.847. The van der Waals surface area contributed by atoms with Crippen molar-refractivity contribution in [1.82, 2.24) is 0 Å². The Morgan fingerprint density at radius 1 is 1.44 bits per heavy atom.